The van der Waals surface area contributed by atoms with Crippen molar-refractivity contribution in [3.05, 3.63) is 187 Å². The van der Waals surface area contributed by atoms with Crippen molar-refractivity contribution < 1.29 is 0 Å². The van der Waals surface area contributed by atoms with E-state index in [4.69, 9.17) is 0 Å². The first-order valence-electron chi connectivity index (χ1n) is 19.9. The fraction of sp³-hybridized carbons (Fsp3) is 0.148. The van der Waals surface area contributed by atoms with Crippen LogP contribution in [0.2, 0.25) is 0 Å². The summed E-state index contributed by atoms with van der Waals surface area (Å²) < 4.78 is 2.69. The molecule has 10 rings (SSSR count). The molecular formula is C54H45NS. The minimum Gasteiger partial charge on any atom is -0.310 e. The van der Waals surface area contributed by atoms with Gasteiger partial charge in [-0.25, -0.2) is 0 Å². The molecule has 272 valence electrons. The number of hydrogen-bond acceptors (Lipinski definition) is 2. The summed E-state index contributed by atoms with van der Waals surface area (Å²) in [6.07, 6.45) is 2.43. The van der Waals surface area contributed by atoms with E-state index in [-0.39, 0.29) is 10.8 Å². The summed E-state index contributed by atoms with van der Waals surface area (Å²) >= 11 is 1.93. The second kappa shape index (κ2) is 13.4. The Morgan fingerprint density at radius 2 is 0.982 bits per heavy atom. The molecule has 0 saturated heterocycles. The van der Waals surface area contributed by atoms with Crippen LogP contribution in [0, 0.1) is 0 Å². The molecule has 8 aromatic carbocycles. The Morgan fingerprint density at radius 3 is 1.70 bits per heavy atom. The molecule has 1 aliphatic rings. The SMILES string of the molecule is CC1(C)CCC(C)(C)c2cc3c(cc21)sc1cc(N(c2ccc(-c4ccccc4)cc2)c2ccccc2-c2cccc4cccc(-c5ccccc5)c24)ccc13. The monoisotopic (exact) mass is 739 g/mol. The van der Waals surface area contributed by atoms with Gasteiger partial charge in [0.1, 0.15) is 0 Å². The normalized spacial score (nSPS) is 14.6. The van der Waals surface area contributed by atoms with E-state index in [1.807, 2.05) is 11.3 Å². The lowest BCUT2D eigenvalue weighted by Gasteiger charge is -2.41. The van der Waals surface area contributed by atoms with Crippen LogP contribution < -0.4 is 4.90 Å². The molecule has 0 N–H and O–H groups in total. The molecule has 1 heterocycles. The van der Waals surface area contributed by atoms with Gasteiger partial charge in [0.15, 0.2) is 0 Å². The van der Waals surface area contributed by atoms with Crippen LogP contribution in [0.4, 0.5) is 17.1 Å². The van der Waals surface area contributed by atoms with Crippen LogP contribution >= 0.6 is 11.3 Å². The Balaban J connectivity index is 1.19. The maximum Gasteiger partial charge on any atom is 0.0540 e. The van der Waals surface area contributed by atoms with Gasteiger partial charge in [0.25, 0.3) is 0 Å². The van der Waals surface area contributed by atoms with E-state index in [1.165, 1.54) is 88.3 Å². The van der Waals surface area contributed by atoms with Crippen molar-refractivity contribution in [2.75, 3.05) is 4.90 Å². The number of anilines is 3. The molecule has 0 aliphatic heterocycles. The molecule has 0 spiro atoms. The Kier molecular flexibility index (Phi) is 8.24. The summed E-state index contributed by atoms with van der Waals surface area (Å²) in [5, 5.41) is 5.22. The van der Waals surface area contributed by atoms with Gasteiger partial charge in [-0.05, 0) is 116 Å². The van der Waals surface area contributed by atoms with E-state index in [9.17, 15) is 0 Å². The molecule has 9 aromatic rings. The van der Waals surface area contributed by atoms with Gasteiger partial charge in [0.05, 0.1) is 5.69 Å². The number of nitrogens with zero attached hydrogens (tertiary/aromatic N) is 1. The van der Waals surface area contributed by atoms with Gasteiger partial charge in [-0.2, -0.15) is 0 Å². The van der Waals surface area contributed by atoms with Gasteiger partial charge in [-0.1, -0.05) is 161 Å². The lowest BCUT2D eigenvalue weighted by Crippen LogP contribution is -2.33. The summed E-state index contributed by atoms with van der Waals surface area (Å²) in [7, 11) is 0. The minimum atomic E-state index is 0.168. The first-order chi connectivity index (χ1) is 27.2. The molecule has 1 nitrogen and oxygen atoms in total. The van der Waals surface area contributed by atoms with Gasteiger partial charge in [-0.3, -0.25) is 0 Å². The minimum absolute atomic E-state index is 0.168. The van der Waals surface area contributed by atoms with Crippen molar-refractivity contribution >= 4 is 59.3 Å². The smallest absolute Gasteiger partial charge is 0.0540 e. The van der Waals surface area contributed by atoms with E-state index in [0.717, 1.165) is 17.1 Å². The zero-order chi connectivity index (χ0) is 38.0. The van der Waals surface area contributed by atoms with Crippen LogP contribution in [0.3, 0.4) is 0 Å². The molecule has 1 aromatic heterocycles. The third-order valence-electron chi connectivity index (χ3n) is 12.3. The second-order valence-electron chi connectivity index (χ2n) is 16.8. The van der Waals surface area contributed by atoms with Crippen molar-refractivity contribution in [3.63, 3.8) is 0 Å². The average molecular weight is 740 g/mol. The number of hydrogen-bond donors (Lipinski definition) is 0. The number of benzene rings is 8. The van der Waals surface area contributed by atoms with Crippen LogP contribution in [-0.4, -0.2) is 0 Å². The largest absolute Gasteiger partial charge is 0.310 e. The first-order valence-corrected chi connectivity index (χ1v) is 20.7. The predicted molar refractivity (Wildman–Crippen MR) is 243 cm³/mol. The number of fused-ring (bicyclic) bond motifs is 5. The van der Waals surface area contributed by atoms with Crippen molar-refractivity contribution in [2.45, 2.75) is 51.4 Å². The first kappa shape index (κ1) is 34.5. The van der Waals surface area contributed by atoms with Crippen LogP contribution in [-0.2, 0) is 10.8 Å². The Morgan fingerprint density at radius 1 is 0.429 bits per heavy atom. The highest BCUT2D eigenvalue weighted by Crippen LogP contribution is 2.50. The number of para-hydroxylation sites is 1. The second-order valence-corrected chi connectivity index (χ2v) is 17.9. The zero-order valence-corrected chi connectivity index (χ0v) is 33.3. The van der Waals surface area contributed by atoms with Gasteiger partial charge >= 0.3 is 0 Å². The third kappa shape index (κ3) is 5.83. The van der Waals surface area contributed by atoms with E-state index >= 15 is 0 Å². The van der Waals surface area contributed by atoms with Gasteiger partial charge in [-0.15, -0.1) is 11.3 Å². The van der Waals surface area contributed by atoms with E-state index in [1.54, 1.807) is 0 Å². The Labute approximate surface area is 334 Å². The van der Waals surface area contributed by atoms with E-state index in [2.05, 4.69) is 209 Å². The highest BCUT2D eigenvalue weighted by atomic mass is 32.1. The predicted octanol–water partition coefficient (Wildman–Crippen LogP) is 16.0. The van der Waals surface area contributed by atoms with Crippen LogP contribution in [0.5, 0.6) is 0 Å². The van der Waals surface area contributed by atoms with Crippen molar-refractivity contribution in [1.29, 1.82) is 0 Å². The molecule has 2 heteroatoms. The number of rotatable bonds is 6. The van der Waals surface area contributed by atoms with Crippen molar-refractivity contribution in [1.82, 2.24) is 0 Å². The molecular weight excluding hydrogens is 695 g/mol. The summed E-state index contributed by atoms with van der Waals surface area (Å²) in [5.41, 5.74) is 14.1. The van der Waals surface area contributed by atoms with Gasteiger partial charge in [0.2, 0.25) is 0 Å². The average Bonchev–Trinajstić information content (AvgIpc) is 3.60. The Hall–Kier alpha value is -5.96. The molecule has 0 bridgehead atoms. The van der Waals surface area contributed by atoms with E-state index < -0.39 is 0 Å². The standard InChI is InChI=1S/C54H45NS/c1-53(2)31-32-54(3,4)48-35-51-46(34-47(48)53)44-30-29-41(33-50(44)56-51)55(40-27-25-37(26-28-40)36-15-7-5-8-16-36)49-24-12-11-21-43(49)45-23-14-20-39-19-13-22-42(52(39)45)38-17-9-6-10-18-38/h5-30,33-35H,31-32H2,1-4H3. The van der Waals surface area contributed by atoms with Crippen molar-refractivity contribution in [2.24, 2.45) is 0 Å². The quantitative estimate of drug-likeness (QED) is 0.164. The number of thiophene rings is 1. The van der Waals surface area contributed by atoms with Crippen LogP contribution in [0.25, 0.3) is 64.3 Å². The summed E-state index contributed by atoms with van der Waals surface area (Å²) in [5.74, 6) is 0. The van der Waals surface area contributed by atoms with Gasteiger partial charge in [0, 0.05) is 37.1 Å². The van der Waals surface area contributed by atoms with Crippen molar-refractivity contribution in [3.8, 4) is 33.4 Å². The molecule has 56 heavy (non-hydrogen) atoms. The molecule has 0 unspecified atom stereocenters. The maximum absolute atomic E-state index is 2.53. The molecule has 1 aliphatic carbocycles. The summed E-state index contributed by atoms with van der Waals surface area (Å²) in [6, 6.07) is 65.1. The maximum atomic E-state index is 2.53. The third-order valence-corrected chi connectivity index (χ3v) is 13.5. The zero-order valence-electron chi connectivity index (χ0n) is 32.5. The fourth-order valence-electron chi connectivity index (χ4n) is 9.15. The van der Waals surface area contributed by atoms with Crippen LogP contribution in [0.15, 0.2) is 176 Å². The highest BCUT2D eigenvalue weighted by molar-refractivity contribution is 7.25. The topological polar surface area (TPSA) is 3.24 Å². The molecule has 0 fully saturated rings. The molecule has 0 amide bonds. The highest BCUT2D eigenvalue weighted by Gasteiger charge is 2.37. The molecule has 0 radical (unpaired) electrons. The Bertz CT molecular complexity index is 2890. The molecule has 0 saturated carbocycles. The van der Waals surface area contributed by atoms with Gasteiger partial charge < -0.3 is 4.90 Å². The summed E-state index contributed by atoms with van der Waals surface area (Å²) in [4.78, 5) is 2.47. The van der Waals surface area contributed by atoms with Crippen LogP contribution in [0.1, 0.15) is 51.7 Å². The fourth-order valence-corrected chi connectivity index (χ4v) is 10.3. The lowest BCUT2D eigenvalue weighted by atomic mass is 9.63. The molecule has 0 atom stereocenters. The summed E-state index contributed by atoms with van der Waals surface area (Å²) in [6.45, 7) is 9.71. The lowest BCUT2D eigenvalue weighted by molar-refractivity contribution is 0.332. The van der Waals surface area contributed by atoms with E-state index in [0.29, 0.717) is 0 Å².